The first-order valence-electron chi connectivity index (χ1n) is 13.3. The van der Waals surface area contributed by atoms with Crippen LogP contribution < -0.4 is 19.9 Å². The van der Waals surface area contributed by atoms with Crippen LogP contribution in [0.4, 0.5) is 28.9 Å². The second-order valence-corrected chi connectivity index (χ2v) is 10.8. The number of amides is 1. The molecule has 5 rings (SSSR count). The van der Waals surface area contributed by atoms with Crippen LogP contribution in [0, 0.1) is 12.7 Å². The normalized spacial score (nSPS) is 17.5. The summed E-state index contributed by atoms with van der Waals surface area (Å²) >= 11 is 6.09. The molecule has 3 aromatic heterocycles. The van der Waals surface area contributed by atoms with Crippen molar-refractivity contribution in [1.29, 1.82) is 0 Å². The van der Waals surface area contributed by atoms with Gasteiger partial charge in [-0.15, -0.1) is 0 Å². The van der Waals surface area contributed by atoms with E-state index in [4.69, 9.17) is 16.3 Å². The van der Waals surface area contributed by atoms with Gasteiger partial charge in [-0.05, 0) is 56.7 Å². The molecule has 0 radical (unpaired) electrons. The van der Waals surface area contributed by atoms with Crippen molar-refractivity contribution in [1.82, 2.24) is 19.7 Å². The van der Waals surface area contributed by atoms with Gasteiger partial charge < -0.3 is 19.9 Å². The topological polar surface area (TPSA) is 75.0 Å². The lowest BCUT2D eigenvalue weighted by molar-refractivity contribution is -0.154. The molecule has 42 heavy (non-hydrogen) atoms. The summed E-state index contributed by atoms with van der Waals surface area (Å²) in [5.41, 5.74) is 3.31. The van der Waals surface area contributed by atoms with Crippen LogP contribution in [0.25, 0.3) is 5.65 Å². The second-order valence-electron chi connectivity index (χ2n) is 10.4. The number of nitrogens with one attached hydrogen (secondary N) is 1. The number of benzene rings is 1. The summed E-state index contributed by atoms with van der Waals surface area (Å²) in [5, 5.41) is 3.31. The average molecular weight is 605 g/mol. The number of carbonyl (C=O) groups excluding carboxylic acids is 1. The lowest BCUT2D eigenvalue weighted by Gasteiger charge is -2.46. The van der Waals surface area contributed by atoms with E-state index in [1.165, 1.54) is 18.3 Å². The first-order chi connectivity index (χ1) is 19.9. The summed E-state index contributed by atoms with van der Waals surface area (Å²) in [6.45, 7) is 5.49. The Hall–Kier alpha value is -4.06. The molecule has 1 saturated heterocycles. The quantitative estimate of drug-likeness (QED) is 0.269. The van der Waals surface area contributed by atoms with Crippen molar-refractivity contribution in [3.8, 4) is 5.88 Å². The highest BCUT2D eigenvalue weighted by atomic mass is 35.5. The minimum absolute atomic E-state index is 0.0365. The Kier molecular flexibility index (Phi) is 8.18. The Morgan fingerprint density at radius 2 is 1.83 bits per heavy atom. The zero-order valence-electron chi connectivity index (χ0n) is 23.1. The number of piperazine rings is 1. The Bertz CT molecular complexity index is 1590. The molecule has 0 spiro atoms. The molecule has 0 unspecified atom stereocenters. The molecule has 1 aromatic carbocycles. The molecule has 1 N–H and O–H groups in total. The molecule has 1 aliphatic heterocycles. The fourth-order valence-electron chi connectivity index (χ4n) is 5.17. The first kappa shape index (κ1) is 29.4. The van der Waals surface area contributed by atoms with Gasteiger partial charge in [0.25, 0.3) is 5.91 Å². The Labute approximate surface area is 244 Å². The van der Waals surface area contributed by atoms with E-state index in [0.29, 0.717) is 46.4 Å². The third kappa shape index (κ3) is 6.38. The number of nitrogens with zero attached hydrogens (tertiary/aromatic N) is 5. The van der Waals surface area contributed by atoms with Gasteiger partial charge in [-0.3, -0.25) is 9.20 Å². The van der Waals surface area contributed by atoms with Gasteiger partial charge in [0.05, 0.1) is 28.3 Å². The van der Waals surface area contributed by atoms with E-state index in [-0.39, 0.29) is 30.4 Å². The van der Waals surface area contributed by atoms with Crippen LogP contribution in [0.1, 0.15) is 35.6 Å². The molecular weight excluding hydrogens is 576 g/mol. The van der Waals surface area contributed by atoms with Gasteiger partial charge >= 0.3 is 6.18 Å². The fraction of sp³-hybridized carbons (Fsp3) is 0.345. The Morgan fingerprint density at radius 3 is 2.52 bits per heavy atom. The van der Waals surface area contributed by atoms with Crippen molar-refractivity contribution in [3.63, 3.8) is 0 Å². The summed E-state index contributed by atoms with van der Waals surface area (Å²) in [6, 6.07) is 11.3. The summed E-state index contributed by atoms with van der Waals surface area (Å²) < 4.78 is 58.9. The van der Waals surface area contributed by atoms with E-state index in [1.54, 1.807) is 47.9 Å². The minimum Gasteiger partial charge on any atom is -0.468 e. The van der Waals surface area contributed by atoms with Gasteiger partial charge in [-0.25, -0.2) is 14.4 Å². The molecule has 1 amide bonds. The van der Waals surface area contributed by atoms with Crippen molar-refractivity contribution in [2.75, 3.05) is 29.5 Å². The van der Waals surface area contributed by atoms with E-state index in [1.807, 2.05) is 18.7 Å². The lowest BCUT2D eigenvalue weighted by atomic mass is 10.1. The number of halogens is 5. The van der Waals surface area contributed by atoms with E-state index < -0.39 is 18.6 Å². The summed E-state index contributed by atoms with van der Waals surface area (Å²) in [6.07, 6.45) is -1.33. The molecule has 222 valence electrons. The Morgan fingerprint density at radius 1 is 1.10 bits per heavy atom. The SMILES string of the molecule is Cc1nc2ccc(Cl)cn2c1C(=O)NCc1ccc(N2C[C@H](C)N(c3ccc(OCC(F)(F)F)nc3)C[C@H]2C)c(F)c1. The molecular formula is C29H29ClF4N6O2. The number of anilines is 2. The van der Waals surface area contributed by atoms with E-state index in [2.05, 4.69) is 20.2 Å². The van der Waals surface area contributed by atoms with E-state index in [0.717, 1.165) is 5.69 Å². The number of fused-ring (bicyclic) bond motifs is 1. The van der Waals surface area contributed by atoms with Gasteiger partial charge in [0.1, 0.15) is 17.2 Å². The number of aryl methyl sites for hydroxylation is 1. The predicted molar refractivity (Wildman–Crippen MR) is 152 cm³/mol. The van der Waals surface area contributed by atoms with Gasteiger partial charge in [0.2, 0.25) is 5.88 Å². The maximum atomic E-state index is 15.4. The highest BCUT2D eigenvalue weighted by molar-refractivity contribution is 6.30. The summed E-state index contributed by atoms with van der Waals surface area (Å²) in [5.74, 6) is -0.855. The van der Waals surface area contributed by atoms with Crippen LogP contribution in [-0.2, 0) is 6.54 Å². The molecule has 0 saturated carbocycles. The fourth-order valence-corrected chi connectivity index (χ4v) is 5.34. The van der Waals surface area contributed by atoms with Gasteiger partial charge in [0.15, 0.2) is 6.61 Å². The predicted octanol–water partition coefficient (Wildman–Crippen LogP) is 5.80. The number of aromatic nitrogens is 3. The second kappa shape index (κ2) is 11.7. The number of rotatable bonds is 7. The van der Waals surface area contributed by atoms with Crippen LogP contribution in [0.2, 0.25) is 5.02 Å². The monoisotopic (exact) mass is 604 g/mol. The number of carbonyl (C=O) groups is 1. The largest absolute Gasteiger partial charge is 0.468 e. The first-order valence-corrected chi connectivity index (χ1v) is 13.7. The number of alkyl halides is 3. The van der Waals surface area contributed by atoms with Crippen LogP contribution in [0.5, 0.6) is 5.88 Å². The number of hydrogen-bond acceptors (Lipinski definition) is 6. The van der Waals surface area contributed by atoms with Gasteiger partial charge in [0, 0.05) is 44.0 Å². The molecule has 13 heteroatoms. The molecule has 2 atom stereocenters. The summed E-state index contributed by atoms with van der Waals surface area (Å²) in [4.78, 5) is 25.4. The standard InChI is InChI=1S/C29H29ClF4N6O2/c1-17-14-39(18(2)13-38(17)22-6-9-26(35-12-22)42-16-29(32,33)34)24-7-4-20(10-23(24)31)11-36-28(41)27-19(3)37-25-8-5-21(30)15-40(25)27/h4-10,12,15,17-18H,11,13-14,16H2,1-3H3,(H,36,41)/t17-,18+/m0/s1. The number of imidazole rings is 1. The van der Waals surface area contributed by atoms with Crippen molar-refractivity contribution in [2.24, 2.45) is 0 Å². The maximum absolute atomic E-state index is 15.4. The number of ether oxygens (including phenoxy) is 1. The molecule has 0 bridgehead atoms. The molecule has 4 heterocycles. The number of hydrogen-bond donors (Lipinski definition) is 1. The van der Waals surface area contributed by atoms with Gasteiger partial charge in [-0.1, -0.05) is 17.7 Å². The van der Waals surface area contributed by atoms with Crippen LogP contribution in [0.15, 0.2) is 54.9 Å². The smallest absolute Gasteiger partial charge is 0.422 e. The summed E-state index contributed by atoms with van der Waals surface area (Å²) in [7, 11) is 0. The Balaban J connectivity index is 1.22. The molecule has 4 aromatic rings. The maximum Gasteiger partial charge on any atom is 0.422 e. The van der Waals surface area contributed by atoms with Crippen molar-refractivity contribution in [3.05, 3.63) is 82.6 Å². The van der Waals surface area contributed by atoms with Crippen LogP contribution in [0.3, 0.4) is 0 Å². The van der Waals surface area contributed by atoms with E-state index in [9.17, 15) is 18.0 Å². The third-order valence-corrected chi connectivity index (χ3v) is 7.39. The van der Waals surface area contributed by atoms with Crippen molar-refractivity contribution >= 4 is 34.5 Å². The van der Waals surface area contributed by atoms with Crippen LogP contribution >= 0.6 is 11.6 Å². The highest BCUT2D eigenvalue weighted by Gasteiger charge is 2.32. The number of pyridine rings is 2. The molecule has 1 aliphatic rings. The molecule has 1 fully saturated rings. The van der Waals surface area contributed by atoms with Gasteiger partial charge in [-0.2, -0.15) is 13.2 Å². The van der Waals surface area contributed by atoms with Crippen molar-refractivity contribution in [2.45, 2.75) is 45.6 Å². The minimum atomic E-state index is -4.44. The van der Waals surface area contributed by atoms with E-state index >= 15 is 4.39 Å². The zero-order chi connectivity index (χ0) is 30.2. The van der Waals surface area contributed by atoms with Crippen LogP contribution in [-0.4, -0.2) is 58.2 Å². The third-order valence-electron chi connectivity index (χ3n) is 7.17. The lowest BCUT2D eigenvalue weighted by Crippen LogP contribution is -2.57. The zero-order valence-corrected chi connectivity index (χ0v) is 23.9. The van der Waals surface area contributed by atoms with Crippen molar-refractivity contribution < 1.29 is 27.1 Å². The molecule has 0 aliphatic carbocycles. The molecule has 8 nitrogen and oxygen atoms in total. The average Bonchev–Trinajstić information content (AvgIpc) is 3.26. The highest BCUT2D eigenvalue weighted by Crippen LogP contribution is 2.30.